The van der Waals surface area contributed by atoms with Crippen molar-refractivity contribution in [1.82, 2.24) is 43.9 Å². The molecule has 0 amide bonds. The van der Waals surface area contributed by atoms with E-state index in [-0.39, 0.29) is 0 Å². The summed E-state index contributed by atoms with van der Waals surface area (Å²) in [5.74, 6) is 5.41. The van der Waals surface area contributed by atoms with Crippen molar-refractivity contribution in [3.8, 4) is 0 Å². The van der Waals surface area contributed by atoms with Crippen LogP contribution in [0.5, 0.6) is 0 Å². The fourth-order valence-electron chi connectivity index (χ4n) is 14.2. The normalized spacial score (nSPS) is 23.8. The lowest BCUT2D eigenvalue weighted by molar-refractivity contribution is 0.216. The van der Waals surface area contributed by atoms with E-state index in [4.69, 9.17) is 0 Å². The van der Waals surface area contributed by atoms with Crippen molar-refractivity contribution < 1.29 is 0 Å². The number of nitrogens with zero attached hydrogens (tertiary/aromatic N) is 9. The predicted molar refractivity (Wildman–Crippen MR) is 387 cm³/mol. The Balaban J connectivity index is 0.000000108. The Morgan fingerprint density at radius 2 is 0.759 bits per heavy atom. The highest BCUT2D eigenvalue weighted by Crippen LogP contribution is 2.45. The molecule has 6 aromatic rings. The average molecular weight is 1270 g/mol. The molecule has 0 aromatic carbocycles. The number of hydrogen-bond acceptors (Lipinski definition) is 9. The Bertz CT molecular complexity index is 2810. The summed E-state index contributed by atoms with van der Waals surface area (Å²) in [4.78, 5) is 24.4. The third-order valence-electron chi connectivity index (χ3n) is 19.0. The summed E-state index contributed by atoms with van der Waals surface area (Å²) < 4.78 is 7.90. The van der Waals surface area contributed by atoms with E-state index in [1.807, 2.05) is 86.2 Å². The molecule has 6 fully saturated rings. The fourth-order valence-corrected chi connectivity index (χ4v) is 18.6. The van der Waals surface area contributed by atoms with Gasteiger partial charge in [-0.05, 0) is 249 Å². The van der Waals surface area contributed by atoms with Crippen molar-refractivity contribution in [1.29, 1.82) is 0 Å². The summed E-state index contributed by atoms with van der Waals surface area (Å²) in [6, 6.07) is 17.4. The minimum atomic E-state index is 0.963. The molecule has 3 saturated heterocycles. The van der Waals surface area contributed by atoms with Crippen LogP contribution in [0.25, 0.3) is 36.5 Å². The van der Waals surface area contributed by atoms with Crippen LogP contribution in [0, 0.1) is 29.6 Å². The van der Waals surface area contributed by atoms with E-state index in [1.165, 1.54) is 172 Å². The van der Waals surface area contributed by atoms with Crippen LogP contribution in [0.1, 0.15) is 150 Å². The zero-order valence-electron chi connectivity index (χ0n) is 51.0. The number of allylic oxidation sites excluding steroid dienone is 6. The zero-order valence-corrected chi connectivity index (χ0v) is 57.5. The second-order valence-corrected chi connectivity index (χ2v) is 29.3. The van der Waals surface area contributed by atoms with Gasteiger partial charge in [0.1, 0.15) is 0 Å². The maximum atomic E-state index is 4.17. The minimum absolute atomic E-state index is 0.963. The van der Waals surface area contributed by atoms with Crippen molar-refractivity contribution in [2.45, 2.75) is 128 Å². The van der Waals surface area contributed by atoms with E-state index in [9.17, 15) is 0 Å². The molecular weight excluding hydrogens is 1180 g/mol. The molecule has 9 nitrogen and oxygen atoms in total. The largest absolute Gasteiger partial charge is 0.281 e. The molecule has 18 rings (SSSR count). The summed E-state index contributed by atoms with van der Waals surface area (Å²) in [6.07, 6.45) is 70.0. The molecule has 0 bridgehead atoms. The van der Waals surface area contributed by atoms with E-state index in [1.54, 1.807) is 0 Å². The smallest absolute Gasteiger partial charge is 0.0661 e. The van der Waals surface area contributed by atoms with Crippen LogP contribution in [-0.2, 0) is 38.5 Å². The van der Waals surface area contributed by atoms with E-state index < -0.39 is 0 Å². The number of hydrogen-bond donors (Lipinski definition) is 0. The standard InChI is InChI=1S/3C8H17NP2.6C8H7N/c10-11-9-6-2-4-7-3-1-5-8(7)9;2*10-11-9-5-4-7-2-1-3-8(7)6-9;2*1-3-7-4-2-6-9-8(7)5-1;4*1-2-7-4-5-9-6-8(7)3-1/h3*7-8,11H,1-6,10H2;2*1-2,4-6H,3H2;2*1,3-6H,2H2;2*1-2,4-6H,3H2. The van der Waals surface area contributed by atoms with Crippen molar-refractivity contribution >= 4 is 88.5 Å². The van der Waals surface area contributed by atoms with Gasteiger partial charge in [-0.3, -0.25) is 43.9 Å². The molecule has 87 heavy (non-hydrogen) atoms. The first kappa shape index (κ1) is 65.7. The van der Waals surface area contributed by atoms with Gasteiger partial charge in [0.25, 0.3) is 0 Å². The zero-order chi connectivity index (χ0) is 59.7. The maximum absolute atomic E-state index is 4.17. The maximum Gasteiger partial charge on any atom is 0.0661 e. The minimum Gasteiger partial charge on any atom is -0.281 e. The van der Waals surface area contributed by atoms with Crippen LogP contribution >= 0.6 is 52.0 Å². The van der Waals surface area contributed by atoms with Gasteiger partial charge in [-0.2, -0.15) is 0 Å². The lowest BCUT2D eigenvalue weighted by atomic mass is 9.90. The SMILES string of the molecule is C1=Cc2ccncc2C1.C1=Cc2ccncc2C1.C1=Cc2cnccc2C1.C1=Cc2cnccc2C1.C1=Cc2ncccc2C1.C1=Cc2ncccc2C1.PPN1CCC2CCCC2C1.PPN1CCC2CCCC2C1.PPN1CCCC2CCCC21. The molecule has 3 saturated carbocycles. The number of fused-ring (bicyclic) bond motifs is 9. The average Bonchev–Trinajstić information content (AvgIpc) is 4.59. The summed E-state index contributed by atoms with van der Waals surface area (Å²) in [7, 11) is 11.5. The molecule has 6 aromatic heterocycles. The highest BCUT2D eigenvalue weighted by molar-refractivity contribution is 8.02. The highest BCUT2D eigenvalue weighted by Gasteiger charge is 2.35. The number of rotatable bonds is 3. The Morgan fingerprint density at radius 1 is 0.345 bits per heavy atom. The summed E-state index contributed by atoms with van der Waals surface area (Å²) >= 11 is 0. The van der Waals surface area contributed by atoms with E-state index >= 15 is 0 Å². The van der Waals surface area contributed by atoms with Gasteiger partial charge in [-0.1, -0.05) is 132 Å². The molecule has 3 aliphatic heterocycles. The first-order chi connectivity index (χ1) is 43.0. The van der Waals surface area contributed by atoms with Crippen LogP contribution in [0.3, 0.4) is 0 Å². The van der Waals surface area contributed by atoms with Gasteiger partial charge >= 0.3 is 0 Å². The lowest BCUT2D eigenvalue weighted by Gasteiger charge is -2.36. The molecule has 0 spiro atoms. The van der Waals surface area contributed by atoms with Crippen LogP contribution in [0.2, 0.25) is 0 Å². The molecule has 12 aliphatic rings. The van der Waals surface area contributed by atoms with Crippen LogP contribution in [0.4, 0.5) is 0 Å². The van der Waals surface area contributed by atoms with Crippen molar-refractivity contribution in [2.24, 2.45) is 29.6 Å². The summed E-state index contributed by atoms with van der Waals surface area (Å²) in [6.45, 7) is 6.88. The molecule has 12 atom stereocenters. The molecule has 0 N–H and O–H groups in total. The molecule has 9 heterocycles. The first-order valence-corrected chi connectivity index (χ1v) is 40.5. The third kappa shape index (κ3) is 19.9. The van der Waals surface area contributed by atoms with Crippen molar-refractivity contribution in [3.63, 3.8) is 0 Å². The molecule has 456 valence electrons. The van der Waals surface area contributed by atoms with E-state index in [0.717, 1.165) is 111 Å². The Kier molecular flexibility index (Phi) is 27.2. The van der Waals surface area contributed by atoms with Crippen LogP contribution in [-0.4, -0.2) is 82.7 Å². The quantitative estimate of drug-likeness (QED) is 0.161. The monoisotopic (exact) mass is 1270 g/mol. The Labute approximate surface area is 533 Å². The van der Waals surface area contributed by atoms with Crippen molar-refractivity contribution in [2.75, 3.05) is 32.7 Å². The number of piperidine rings is 3. The third-order valence-corrected chi connectivity index (χ3v) is 24.6. The molecule has 9 aliphatic carbocycles. The highest BCUT2D eigenvalue weighted by atomic mass is 32.0. The Morgan fingerprint density at radius 3 is 1.23 bits per heavy atom. The predicted octanol–water partition coefficient (Wildman–Crippen LogP) is 17.5. The van der Waals surface area contributed by atoms with Gasteiger partial charge < -0.3 is 0 Å². The molecule has 12 unspecified atom stereocenters. The summed E-state index contributed by atoms with van der Waals surface area (Å²) in [5.41, 5.74) is 15.6. The van der Waals surface area contributed by atoms with Crippen LogP contribution < -0.4 is 0 Å². The van der Waals surface area contributed by atoms with E-state index in [0.29, 0.717) is 0 Å². The lowest BCUT2D eigenvalue weighted by Crippen LogP contribution is -2.36. The first-order valence-electron chi connectivity index (χ1n) is 32.3. The molecule has 0 radical (unpaired) electrons. The van der Waals surface area contributed by atoms with Crippen molar-refractivity contribution in [3.05, 3.63) is 214 Å². The van der Waals surface area contributed by atoms with Gasteiger partial charge in [0.2, 0.25) is 0 Å². The van der Waals surface area contributed by atoms with Gasteiger partial charge in [0.05, 0.1) is 11.4 Å². The fraction of sp³-hybridized carbons (Fsp3) is 0.417. The summed E-state index contributed by atoms with van der Waals surface area (Å²) in [5, 5.41) is 0. The topological polar surface area (TPSA) is 87.1 Å². The van der Waals surface area contributed by atoms with Gasteiger partial charge in [0, 0.05) is 101 Å². The molecule has 15 heteroatoms. The van der Waals surface area contributed by atoms with Gasteiger partial charge in [0.15, 0.2) is 0 Å². The van der Waals surface area contributed by atoms with Gasteiger partial charge in [-0.25, -0.2) is 0 Å². The van der Waals surface area contributed by atoms with E-state index in [2.05, 4.69) is 168 Å². The number of pyridine rings is 6. The Hall–Kier alpha value is -4.20. The van der Waals surface area contributed by atoms with Crippen LogP contribution in [0.15, 0.2) is 147 Å². The second-order valence-electron chi connectivity index (χ2n) is 24.4. The number of aromatic nitrogens is 6. The molecular formula is C72H93N9P6. The van der Waals surface area contributed by atoms with Gasteiger partial charge in [-0.15, -0.1) is 0 Å². The second kappa shape index (κ2) is 36.0.